The van der Waals surface area contributed by atoms with Crippen LogP contribution in [0.15, 0.2) is 78.9 Å². The van der Waals surface area contributed by atoms with Gasteiger partial charge in [0.2, 0.25) is 5.91 Å². The zero-order valence-corrected chi connectivity index (χ0v) is 15.7. The molecule has 0 aromatic heterocycles. The van der Waals surface area contributed by atoms with Crippen LogP contribution in [0.1, 0.15) is 15.9 Å². The average molecular weight is 390 g/mol. The molecule has 0 radical (unpaired) electrons. The van der Waals surface area contributed by atoms with Crippen molar-refractivity contribution in [1.82, 2.24) is 0 Å². The highest BCUT2D eigenvalue weighted by molar-refractivity contribution is 6.05. The number of hydrogen-bond acceptors (Lipinski definition) is 3. The number of para-hydroxylation sites is 1. The number of anilines is 2. The van der Waals surface area contributed by atoms with Gasteiger partial charge in [-0.1, -0.05) is 18.2 Å². The van der Waals surface area contributed by atoms with Crippen LogP contribution in [-0.4, -0.2) is 18.9 Å². The maximum absolute atomic E-state index is 12.9. The molecule has 0 unspecified atom stereocenters. The topological polar surface area (TPSA) is 67.4 Å². The third-order valence-corrected chi connectivity index (χ3v) is 4.07. The highest BCUT2D eigenvalue weighted by Crippen LogP contribution is 2.19. The molecule has 0 aliphatic rings. The summed E-state index contributed by atoms with van der Waals surface area (Å²) in [5.41, 5.74) is 2.25. The van der Waals surface area contributed by atoms with E-state index in [0.717, 1.165) is 5.56 Å². The van der Waals surface area contributed by atoms with Gasteiger partial charge in [0.15, 0.2) is 0 Å². The molecule has 5 nitrogen and oxygen atoms in total. The Hall–Kier alpha value is -3.93. The van der Waals surface area contributed by atoms with Crippen molar-refractivity contribution in [2.45, 2.75) is 0 Å². The summed E-state index contributed by atoms with van der Waals surface area (Å²) in [5, 5.41) is 5.41. The molecule has 146 valence electrons. The molecule has 0 spiro atoms. The Kier molecular flexibility index (Phi) is 6.37. The molecular formula is C23H19FN2O3. The third kappa shape index (κ3) is 5.52. The highest BCUT2D eigenvalue weighted by atomic mass is 19.1. The Labute approximate surface area is 167 Å². The molecule has 0 aliphatic carbocycles. The van der Waals surface area contributed by atoms with Crippen molar-refractivity contribution in [3.05, 3.63) is 95.8 Å². The molecule has 0 saturated carbocycles. The van der Waals surface area contributed by atoms with Crippen LogP contribution in [0, 0.1) is 5.82 Å². The van der Waals surface area contributed by atoms with E-state index in [1.54, 1.807) is 37.5 Å². The summed E-state index contributed by atoms with van der Waals surface area (Å²) < 4.78 is 18.2. The van der Waals surface area contributed by atoms with Crippen molar-refractivity contribution in [3.8, 4) is 5.75 Å². The summed E-state index contributed by atoms with van der Waals surface area (Å²) in [6.07, 6.45) is 3.08. The van der Waals surface area contributed by atoms with E-state index in [2.05, 4.69) is 10.6 Å². The van der Waals surface area contributed by atoms with E-state index < -0.39 is 0 Å². The Balaban J connectivity index is 1.59. The van der Waals surface area contributed by atoms with Gasteiger partial charge in [0.05, 0.1) is 7.11 Å². The van der Waals surface area contributed by atoms with Crippen molar-refractivity contribution in [3.63, 3.8) is 0 Å². The molecule has 0 atom stereocenters. The van der Waals surface area contributed by atoms with Crippen LogP contribution in [0.5, 0.6) is 5.75 Å². The van der Waals surface area contributed by atoms with E-state index in [-0.39, 0.29) is 17.6 Å². The van der Waals surface area contributed by atoms with Gasteiger partial charge in [-0.15, -0.1) is 0 Å². The van der Waals surface area contributed by atoms with Gasteiger partial charge in [-0.2, -0.15) is 0 Å². The maximum Gasteiger partial charge on any atom is 0.255 e. The second-order valence-corrected chi connectivity index (χ2v) is 6.10. The van der Waals surface area contributed by atoms with Crippen molar-refractivity contribution < 1.29 is 18.7 Å². The van der Waals surface area contributed by atoms with Crippen LogP contribution in [-0.2, 0) is 4.79 Å². The Morgan fingerprint density at radius 1 is 0.862 bits per heavy atom. The van der Waals surface area contributed by atoms with Gasteiger partial charge < -0.3 is 15.4 Å². The number of ether oxygens (including phenoxy) is 1. The normalized spacial score (nSPS) is 10.6. The second-order valence-electron chi connectivity index (χ2n) is 6.10. The fourth-order valence-corrected chi connectivity index (χ4v) is 2.59. The van der Waals surface area contributed by atoms with E-state index in [9.17, 15) is 14.0 Å². The number of methoxy groups -OCH3 is 1. The first kappa shape index (κ1) is 19.8. The van der Waals surface area contributed by atoms with Gasteiger partial charge in [0.25, 0.3) is 5.91 Å². The molecule has 0 bridgehead atoms. The minimum atomic E-state index is -0.372. The average Bonchev–Trinajstić information content (AvgIpc) is 2.74. The summed E-state index contributed by atoms with van der Waals surface area (Å²) >= 11 is 0. The summed E-state index contributed by atoms with van der Waals surface area (Å²) in [7, 11) is 1.57. The van der Waals surface area contributed by atoms with E-state index in [1.165, 1.54) is 30.3 Å². The number of hydrogen-bond donors (Lipinski definition) is 2. The largest absolute Gasteiger partial charge is 0.496 e. The molecule has 0 heterocycles. The Bertz CT molecular complexity index is 1030. The van der Waals surface area contributed by atoms with Crippen LogP contribution in [0.25, 0.3) is 6.08 Å². The SMILES string of the molecule is COc1ccccc1/C=C/C(=O)Nc1ccc(C(=O)Nc2ccc(F)cc2)cc1. The first-order valence-corrected chi connectivity index (χ1v) is 8.84. The predicted octanol–water partition coefficient (Wildman–Crippen LogP) is 4.74. The number of carbonyl (C=O) groups is 2. The molecule has 0 fully saturated rings. The Morgan fingerprint density at radius 2 is 1.48 bits per heavy atom. The van der Waals surface area contributed by atoms with Gasteiger partial charge in [-0.25, -0.2) is 4.39 Å². The minimum Gasteiger partial charge on any atom is -0.496 e. The van der Waals surface area contributed by atoms with E-state index >= 15 is 0 Å². The summed E-state index contributed by atoms with van der Waals surface area (Å²) in [6, 6.07) is 19.3. The van der Waals surface area contributed by atoms with E-state index in [4.69, 9.17) is 4.74 Å². The van der Waals surface area contributed by atoms with E-state index in [1.807, 2.05) is 24.3 Å². The van der Waals surface area contributed by atoms with Crippen LogP contribution in [0.4, 0.5) is 15.8 Å². The zero-order valence-electron chi connectivity index (χ0n) is 15.7. The fraction of sp³-hybridized carbons (Fsp3) is 0.0435. The monoisotopic (exact) mass is 390 g/mol. The number of carbonyl (C=O) groups excluding carboxylic acids is 2. The molecule has 3 aromatic rings. The first-order chi connectivity index (χ1) is 14.0. The lowest BCUT2D eigenvalue weighted by Gasteiger charge is -2.07. The van der Waals surface area contributed by atoms with Crippen LogP contribution < -0.4 is 15.4 Å². The fourth-order valence-electron chi connectivity index (χ4n) is 2.59. The number of benzene rings is 3. The van der Waals surface area contributed by atoms with Crippen molar-refractivity contribution in [1.29, 1.82) is 0 Å². The second kappa shape index (κ2) is 9.32. The lowest BCUT2D eigenvalue weighted by Crippen LogP contribution is -2.12. The summed E-state index contributed by atoms with van der Waals surface area (Å²) in [5.74, 6) is -0.333. The van der Waals surface area contributed by atoms with E-state index in [0.29, 0.717) is 22.7 Å². The molecule has 2 amide bonds. The van der Waals surface area contributed by atoms with Gasteiger partial charge in [-0.3, -0.25) is 9.59 Å². The smallest absolute Gasteiger partial charge is 0.255 e. The van der Waals surface area contributed by atoms with Gasteiger partial charge in [-0.05, 0) is 60.7 Å². The van der Waals surface area contributed by atoms with Gasteiger partial charge >= 0.3 is 0 Å². The highest BCUT2D eigenvalue weighted by Gasteiger charge is 2.07. The molecule has 6 heteroatoms. The summed E-state index contributed by atoms with van der Waals surface area (Å²) in [6.45, 7) is 0. The minimum absolute atomic E-state index is 0.306. The number of rotatable bonds is 6. The molecular weight excluding hydrogens is 371 g/mol. The number of halogens is 1. The lowest BCUT2D eigenvalue weighted by molar-refractivity contribution is -0.111. The van der Waals surface area contributed by atoms with Gasteiger partial charge in [0.1, 0.15) is 11.6 Å². The number of amides is 2. The van der Waals surface area contributed by atoms with Gasteiger partial charge in [0, 0.05) is 28.6 Å². The molecule has 3 rings (SSSR count). The van der Waals surface area contributed by atoms with Crippen LogP contribution in [0.2, 0.25) is 0 Å². The quantitative estimate of drug-likeness (QED) is 0.598. The predicted molar refractivity (Wildman–Crippen MR) is 111 cm³/mol. The maximum atomic E-state index is 12.9. The zero-order chi connectivity index (χ0) is 20.6. The molecule has 3 aromatic carbocycles. The Morgan fingerprint density at radius 3 is 2.17 bits per heavy atom. The van der Waals surface area contributed by atoms with Crippen LogP contribution >= 0.6 is 0 Å². The number of nitrogens with one attached hydrogen (secondary N) is 2. The lowest BCUT2D eigenvalue weighted by atomic mass is 10.1. The summed E-state index contributed by atoms with van der Waals surface area (Å²) in [4.78, 5) is 24.4. The standard InChI is InChI=1S/C23H19FN2O3/c1-29-21-5-3-2-4-16(21)8-15-22(27)25-19-11-6-17(7-12-19)23(28)26-20-13-9-18(24)10-14-20/h2-15H,1H3,(H,25,27)(H,26,28)/b15-8+. The third-order valence-electron chi connectivity index (χ3n) is 4.07. The van der Waals surface area contributed by atoms with Crippen molar-refractivity contribution in [2.24, 2.45) is 0 Å². The molecule has 29 heavy (non-hydrogen) atoms. The first-order valence-electron chi connectivity index (χ1n) is 8.84. The van der Waals surface area contributed by atoms with Crippen molar-refractivity contribution in [2.75, 3.05) is 17.7 Å². The molecule has 2 N–H and O–H groups in total. The molecule has 0 aliphatic heterocycles. The van der Waals surface area contributed by atoms with Crippen molar-refractivity contribution >= 4 is 29.3 Å². The van der Waals surface area contributed by atoms with Crippen LogP contribution in [0.3, 0.4) is 0 Å². The molecule has 0 saturated heterocycles.